The molecule has 0 aromatic rings. The van der Waals surface area contributed by atoms with Crippen LogP contribution in [0.25, 0.3) is 0 Å². The van der Waals surface area contributed by atoms with Gasteiger partial charge in [-0.3, -0.25) is 4.99 Å². The molecule has 32 heavy (non-hydrogen) atoms. The monoisotopic (exact) mass is 470 g/mol. The van der Waals surface area contributed by atoms with Crippen molar-refractivity contribution in [1.29, 1.82) is 0 Å². The average Bonchev–Trinajstić information content (AvgIpc) is 3.24. The lowest BCUT2D eigenvalue weighted by Gasteiger charge is -2.14. The third-order valence-electron chi connectivity index (χ3n) is 4.91. The minimum Gasteiger partial charge on any atom is -0.400 e. The van der Waals surface area contributed by atoms with Crippen molar-refractivity contribution < 1.29 is 9.84 Å². The van der Waals surface area contributed by atoms with Crippen molar-refractivity contribution in [1.82, 2.24) is 0 Å². The minimum atomic E-state index is 0.516. The molecule has 1 fully saturated rings. The predicted octanol–water partition coefficient (Wildman–Crippen LogP) is 7.68. The highest BCUT2D eigenvalue weighted by molar-refractivity contribution is 7.99. The molecule has 1 rings (SSSR count). The molecule has 0 radical (unpaired) electrons. The Morgan fingerprint density at radius 3 is 2.12 bits per heavy atom. The summed E-state index contributed by atoms with van der Waals surface area (Å²) in [4.78, 5) is 4.39. The Morgan fingerprint density at radius 2 is 1.72 bits per heavy atom. The molecule has 0 aromatic carbocycles. The molecule has 1 aliphatic heterocycles. The second-order valence-electron chi connectivity index (χ2n) is 7.38. The van der Waals surface area contributed by atoms with Gasteiger partial charge in [-0.25, -0.2) is 0 Å². The Morgan fingerprint density at radius 1 is 1.12 bits per heavy atom. The van der Waals surface area contributed by atoms with Crippen molar-refractivity contribution in [3.05, 3.63) is 34.2 Å². The van der Waals surface area contributed by atoms with Crippen LogP contribution >= 0.6 is 11.8 Å². The minimum absolute atomic E-state index is 0.516. The first kappa shape index (κ1) is 35.5. The average molecular weight is 471 g/mol. The fourth-order valence-corrected chi connectivity index (χ4v) is 3.82. The second kappa shape index (κ2) is 24.6. The molecule has 190 valence electrons. The molecule has 0 saturated carbocycles. The fourth-order valence-electron chi connectivity index (χ4n) is 3.07. The maximum absolute atomic E-state index is 7.00. The Bertz CT molecular complexity index is 566. The van der Waals surface area contributed by atoms with E-state index >= 15 is 0 Å². The number of aliphatic hydroxyl groups excluding tert-OH is 1. The molecule has 3 N–H and O–H groups in total. The van der Waals surface area contributed by atoms with Gasteiger partial charge in [0.15, 0.2) is 0 Å². The van der Waals surface area contributed by atoms with Crippen LogP contribution in [0.15, 0.2) is 39.2 Å². The van der Waals surface area contributed by atoms with Crippen LogP contribution in [0.2, 0.25) is 0 Å². The maximum atomic E-state index is 7.00. The lowest BCUT2D eigenvalue weighted by Crippen LogP contribution is -2.10. The van der Waals surface area contributed by atoms with E-state index in [1.807, 2.05) is 45.7 Å². The molecule has 1 saturated heterocycles. The van der Waals surface area contributed by atoms with E-state index < -0.39 is 0 Å². The molecule has 0 amide bonds. The summed E-state index contributed by atoms with van der Waals surface area (Å²) in [5.41, 5.74) is 11.7. The van der Waals surface area contributed by atoms with Crippen LogP contribution in [-0.4, -0.2) is 42.1 Å². The number of ether oxygens (including phenoxy) is 1. The van der Waals surface area contributed by atoms with Crippen molar-refractivity contribution in [2.24, 2.45) is 10.7 Å². The maximum Gasteiger partial charge on any atom is 0.0670 e. The van der Waals surface area contributed by atoms with Crippen LogP contribution in [0.4, 0.5) is 0 Å². The summed E-state index contributed by atoms with van der Waals surface area (Å²) in [6, 6.07) is 0. The summed E-state index contributed by atoms with van der Waals surface area (Å²) in [7, 11) is 1.00. The highest BCUT2D eigenvalue weighted by Crippen LogP contribution is 2.25. The number of unbranched alkanes of at least 4 members (excludes halogenated alkanes) is 1. The summed E-state index contributed by atoms with van der Waals surface area (Å²) in [6.45, 7) is 20.8. The number of aliphatic imine (C=N–C) groups is 1. The van der Waals surface area contributed by atoms with E-state index in [4.69, 9.17) is 15.6 Å². The number of hydrogen-bond acceptors (Lipinski definition) is 5. The highest BCUT2D eigenvalue weighted by atomic mass is 32.2. The summed E-state index contributed by atoms with van der Waals surface area (Å²) >= 11 is 1.98. The zero-order valence-corrected chi connectivity index (χ0v) is 23.9. The van der Waals surface area contributed by atoms with Gasteiger partial charge in [0.05, 0.1) is 12.2 Å². The van der Waals surface area contributed by atoms with Crippen molar-refractivity contribution in [3.8, 4) is 0 Å². The normalized spacial score (nSPS) is 19.6. The van der Waals surface area contributed by atoms with E-state index in [2.05, 4.69) is 52.6 Å². The van der Waals surface area contributed by atoms with Crippen LogP contribution in [0.1, 0.15) is 101 Å². The molecule has 1 aliphatic rings. The van der Waals surface area contributed by atoms with Crippen LogP contribution < -0.4 is 5.73 Å². The van der Waals surface area contributed by atoms with E-state index in [1.54, 1.807) is 0 Å². The van der Waals surface area contributed by atoms with Gasteiger partial charge in [-0.2, -0.15) is 11.8 Å². The number of nitrogens with two attached hydrogens (primary N) is 1. The summed E-state index contributed by atoms with van der Waals surface area (Å²) in [5, 5.41) is 7.00. The largest absolute Gasteiger partial charge is 0.400 e. The van der Waals surface area contributed by atoms with Gasteiger partial charge in [0.1, 0.15) is 0 Å². The van der Waals surface area contributed by atoms with Crippen molar-refractivity contribution in [2.45, 2.75) is 114 Å². The molecule has 0 aromatic heterocycles. The molecule has 2 unspecified atom stereocenters. The van der Waals surface area contributed by atoms with Gasteiger partial charge in [-0.05, 0) is 77.2 Å². The molecule has 2 atom stereocenters. The first-order valence-electron chi connectivity index (χ1n) is 12.3. The lowest BCUT2D eigenvalue weighted by molar-refractivity contribution is 0.0700. The van der Waals surface area contributed by atoms with Crippen molar-refractivity contribution >= 4 is 18.0 Å². The third-order valence-corrected chi connectivity index (χ3v) is 5.92. The Hall–Kier alpha value is -1.04. The van der Waals surface area contributed by atoms with Crippen LogP contribution in [-0.2, 0) is 4.74 Å². The molecule has 5 heteroatoms. The third kappa shape index (κ3) is 16.6. The van der Waals surface area contributed by atoms with Crippen LogP contribution in [0.5, 0.6) is 0 Å². The molecule has 0 bridgehead atoms. The quantitative estimate of drug-likeness (QED) is 0.268. The molecular weight excluding hydrogens is 416 g/mol. The number of hydrogen-bond donors (Lipinski definition) is 2. The van der Waals surface area contributed by atoms with Gasteiger partial charge in [0.25, 0.3) is 0 Å². The van der Waals surface area contributed by atoms with E-state index in [1.165, 1.54) is 35.5 Å². The number of rotatable bonds is 9. The first-order chi connectivity index (χ1) is 15.3. The Balaban J connectivity index is -0.000000503. The highest BCUT2D eigenvalue weighted by Gasteiger charge is 2.20. The number of thioether (sulfide) groups is 1. The summed E-state index contributed by atoms with van der Waals surface area (Å²) < 4.78 is 5.64. The van der Waals surface area contributed by atoms with Gasteiger partial charge >= 0.3 is 0 Å². The summed E-state index contributed by atoms with van der Waals surface area (Å²) in [6.07, 6.45) is 10.9. The van der Waals surface area contributed by atoms with Crippen molar-refractivity contribution in [2.75, 3.05) is 18.6 Å². The fraction of sp³-hybridized carbons (Fsp3) is 0.741. The zero-order valence-electron chi connectivity index (χ0n) is 23.0. The standard InChI is InChI=1S/C16H28N2.C8H16OS.C2H6.CH4O/c1-7-10-11-13(5)15(14(6)18-9-3)16(17)12(4)8-2;1-3-10-6-8-5-4-7(2)9-8;2*1-2/h9,11H,7-8,10,17H2,1-6H3;7-8H,3-6H2,1-2H3;1-2H3;2H,1H3/b13-11-,15-14-,16-12-,18-9?;;;. The number of nitrogens with zero attached hydrogens (tertiary/aromatic N) is 1. The lowest BCUT2D eigenvalue weighted by atomic mass is 9.97. The Kier molecular flexibility index (Phi) is 27.3. The van der Waals surface area contributed by atoms with E-state index in [-0.39, 0.29) is 0 Å². The molecule has 4 nitrogen and oxygen atoms in total. The molecule has 0 spiro atoms. The van der Waals surface area contributed by atoms with Gasteiger partial charge in [0.2, 0.25) is 0 Å². The number of allylic oxidation sites excluding steroid dienone is 4. The predicted molar refractivity (Wildman–Crippen MR) is 149 cm³/mol. The smallest absolute Gasteiger partial charge is 0.0670 e. The SMILES string of the molecule is CC.CC=N/C(C)=C(C(/C)=C\CCC)\C(N)=C(/C)CC.CCSCC1CCC(C)O1.CO. The summed E-state index contributed by atoms with van der Waals surface area (Å²) in [5.74, 6) is 2.41. The van der Waals surface area contributed by atoms with Crippen LogP contribution in [0.3, 0.4) is 0 Å². The van der Waals surface area contributed by atoms with Crippen LogP contribution in [0, 0.1) is 0 Å². The van der Waals surface area contributed by atoms with E-state index in [0.717, 1.165) is 43.3 Å². The van der Waals surface area contributed by atoms with Crippen molar-refractivity contribution in [3.63, 3.8) is 0 Å². The number of aliphatic hydroxyl groups is 1. The van der Waals surface area contributed by atoms with E-state index in [0.29, 0.717) is 12.2 Å². The van der Waals surface area contributed by atoms with Gasteiger partial charge in [0, 0.05) is 36.0 Å². The van der Waals surface area contributed by atoms with Gasteiger partial charge in [-0.1, -0.05) is 47.1 Å². The topological polar surface area (TPSA) is 67.8 Å². The van der Waals surface area contributed by atoms with Gasteiger partial charge < -0.3 is 15.6 Å². The molecular formula is C27H54N2O2S. The Labute approximate surface area is 204 Å². The second-order valence-corrected chi connectivity index (χ2v) is 8.70. The molecule has 0 aliphatic carbocycles. The first-order valence-corrected chi connectivity index (χ1v) is 13.5. The molecule has 1 heterocycles. The zero-order chi connectivity index (χ0) is 25.5. The van der Waals surface area contributed by atoms with Gasteiger partial charge in [-0.15, -0.1) is 0 Å². The van der Waals surface area contributed by atoms with E-state index in [9.17, 15) is 0 Å².